The van der Waals surface area contributed by atoms with Crippen molar-refractivity contribution in [2.75, 3.05) is 6.54 Å². The van der Waals surface area contributed by atoms with Crippen LogP contribution in [-0.2, 0) is 6.54 Å². The second kappa shape index (κ2) is 6.39. The van der Waals surface area contributed by atoms with Gasteiger partial charge in [0.15, 0.2) is 5.78 Å². The zero-order chi connectivity index (χ0) is 14.8. The first kappa shape index (κ1) is 15.7. The first-order chi connectivity index (χ1) is 9.54. The SMILES string of the molecule is CCCn1ncc(Br)c1C(=O)C1(CN)CCC(C)CC1. The quantitative estimate of drug-likeness (QED) is 0.835. The topological polar surface area (TPSA) is 60.9 Å². The number of ketones is 1. The number of carbonyl (C=O) groups excluding carboxylic acids is 1. The molecule has 5 heteroatoms. The third kappa shape index (κ3) is 2.84. The molecule has 1 fully saturated rings. The maximum atomic E-state index is 13.1. The van der Waals surface area contributed by atoms with Gasteiger partial charge in [-0.15, -0.1) is 0 Å². The lowest BCUT2D eigenvalue weighted by Crippen LogP contribution is -2.42. The van der Waals surface area contributed by atoms with E-state index in [9.17, 15) is 4.79 Å². The zero-order valence-corrected chi connectivity index (χ0v) is 13.9. The van der Waals surface area contributed by atoms with Gasteiger partial charge in [-0.1, -0.05) is 13.8 Å². The highest BCUT2D eigenvalue weighted by atomic mass is 79.9. The molecule has 1 aromatic rings. The third-order valence-electron chi connectivity index (χ3n) is 4.55. The van der Waals surface area contributed by atoms with Crippen molar-refractivity contribution >= 4 is 21.7 Å². The fourth-order valence-electron chi connectivity index (χ4n) is 3.06. The van der Waals surface area contributed by atoms with Crippen LogP contribution < -0.4 is 5.73 Å². The van der Waals surface area contributed by atoms with Gasteiger partial charge in [0.2, 0.25) is 0 Å². The Morgan fingerprint density at radius 3 is 2.75 bits per heavy atom. The number of halogens is 1. The van der Waals surface area contributed by atoms with E-state index in [1.54, 1.807) is 6.20 Å². The van der Waals surface area contributed by atoms with E-state index in [-0.39, 0.29) is 11.2 Å². The van der Waals surface area contributed by atoms with Gasteiger partial charge in [-0.3, -0.25) is 9.48 Å². The Hall–Kier alpha value is -0.680. The van der Waals surface area contributed by atoms with E-state index in [0.29, 0.717) is 18.2 Å². The van der Waals surface area contributed by atoms with Crippen molar-refractivity contribution in [3.8, 4) is 0 Å². The number of Topliss-reactive ketones (excluding diaryl/α,β-unsaturated/α-hetero) is 1. The molecule has 0 atom stereocenters. The van der Waals surface area contributed by atoms with Crippen LogP contribution in [0.15, 0.2) is 10.7 Å². The lowest BCUT2D eigenvalue weighted by atomic mass is 9.67. The van der Waals surface area contributed by atoms with Crippen LogP contribution in [-0.4, -0.2) is 22.1 Å². The Labute approximate surface area is 129 Å². The zero-order valence-electron chi connectivity index (χ0n) is 12.4. The van der Waals surface area contributed by atoms with Crippen LogP contribution in [0.1, 0.15) is 56.4 Å². The second-order valence-electron chi connectivity index (χ2n) is 6.06. The number of nitrogens with two attached hydrogens (primary N) is 1. The van der Waals surface area contributed by atoms with Gasteiger partial charge in [-0.05, 0) is 54.0 Å². The first-order valence-electron chi connectivity index (χ1n) is 7.50. The predicted octanol–water partition coefficient (Wildman–Crippen LogP) is 3.39. The Morgan fingerprint density at radius 2 is 2.20 bits per heavy atom. The lowest BCUT2D eigenvalue weighted by molar-refractivity contribution is 0.0682. The molecule has 2 rings (SSSR count). The van der Waals surface area contributed by atoms with E-state index < -0.39 is 0 Å². The van der Waals surface area contributed by atoms with Crippen LogP contribution in [0.3, 0.4) is 0 Å². The van der Waals surface area contributed by atoms with E-state index in [1.165, 1.54) is 0 Å². The van der Waals surface area contributed by atoms with Gasteiger partial charge in [-0.25, -0.2) is 0 Å². The highest BCUT2D eigenvalue weighted by molar-refractivity contribution is 9.10. The molecule has 1 saturated carbocycles. The minimum Gasteiger partial charge on any atom is -0.329 e. The molecule has 1 aliphatic carbocycles. The lowest BCUT2D eigenvalue weighted by Gasteiger charge is -2.37. The van der Waals surface area contributed by atoms with E-state index in [0.717, 1.165) is 43.1 Å². The molecule has 4 nitrogen and oxygen atoms in total. The smallest absolute Gasteiger partial charge is 0.189 e. The van der Waals surface area contributed by atoms with Gasteiger partial charge in [0.1, 0.15) is 5.69 Å². The molecule has 1 aliphatic rings. The van der Waals surface area contributed by atoms with Crippen molar-refractivity contribution in [2.24, 2.45) is 17.1 Å². The molecular formula is C15H24BrN3O. The molecule has 0 unspecified atom stereocenters. The summed E-state index contributed by atoms with van der Waals surface area (Å²) >= 11 is 3.47. The first-order valence-corrected chi connectivity index (χ1v) is 8.29. The number of hydrogen-bond acceptors (Lipinski definition) is 3. The average molecular weight is 342 g/mol. The Bertz CT molecular complexity index is 475. The van der Waals surface area contributed by atoms with Crippen molar-refractivity contribution in [2.45, 2.75) is 52.5 Å². The van der Waals surface area contributed by atoms with Crippen molar-refractivity contribution in [3.05, 3.63) is 16.4 Å². The van der Waals surface area contributed by atoms with E-state index in [4.69, 9.17) is 5.73 Å². The third-order valence-corrected chi connectivity index (χ3v) is 5.13. The molecule has 0 aromatic carbocycles. The minimum atomic E-state index is -0.388. The van der Waals surface area contributed by atoms with Gasteiger partial charge in [0.25, 0.3) is 0 Å². The van der Waals surface area contributed by atoms with E-state index >= 15 is 0 Å². The van der Waals surface area contributed by atoms with Crippen molar-refractivity contribution in [1.82, 2.24) is 9.78 Å². The highest BCUT2D eigenvalue weighted by Gasteiger charge is 2.42. The van der Waals surface area contributed by atoms with Crippen molar-refractivity contribution < 1.29 is 4.79 Å². The fraction of sp³-hybridized carbons (Fsp3) is 0.733. The summed E-state index contributed by atoms with van der Waals surface area (Å²) in [4.78, 5) is 13.1. The van der Waals surface area contributed by atoms with Crippen LogP contribution in [0, 0.1) is 11.3 Å². The fourth-order valence-corrected chi connectivity index (χ4v) is 3.54. The summed E-state index contributed by atoms with van der Waals surface area (Å²) in [7, 11) is 0. The minimum absolute atomic E-state index is 0.171. The predicted molar refractivity (Wildman–Crippen MR) is 83.7 cm³/mol. The van der Waals surface area contributed by atoms with Gasteiger partial charge >= 0.3 is 0 Å². The maximum absolute atomic E-state index is 13.1. The molecule has 112 valence electrons. The Morgan fingerprint density at radius 1 is 1.55 bits per heavy atom. The van der Waals surface area contributed by atoms with Crippen molar-refractivity contribution in [1.29, 1.82) is 0 Å². The summed E-state index contributed by atoms with van der Waals surface area (Å²) < 4.78 is 2.62. The van der Waals surface area contributed by atoms with Gasteiger partial charge in [-0.2, -0.15) is 5.10 Å². The normalized spacial score (nSPS) is 26.7. The average Bonchev–Trinajstić information content (AvgIpc) is 2.81. The summed E-state index contributed by atoms with van der Waals surface area (Å²) in [6.07, 6.45) is 6.64. The summed E-state index contributed by atoms with van der Waals surface area (Å²) in [6.45, 7) is 5.54. The Balaban J connectivity index is 2.31. The number of aryl methyl sites for hydroxylation is 1. The summed E-state index contributed by atoms with van der Waals surface area (Å²) in [5.41, 5.74) is 6.31. The maximum Gasteiger partial charge on any atom is 0.189 e. The van der Waals surface area contributed by atoms with Crippen LogP contribution in [0.25, 0.3) is 0 Å². The number of nitrogens with zero attached hydrogens (tertiary/aromatic N) is 2. The van der Waals surface area contributed by atoms with Crippen LogP contribution in [0.4, 0.5) is 0 Å². The molecule has 2 N–H and O–H groups in total. The van der Waals surface area contributed by atoms with E-state index in [2.05, 4.69) is 34.9 Å². The Kier molecular flexibility index (Phi) is 5.02. The molecule has 1 heterocycles. The van der Waals surface area contributed by atoms with Crippen LogP contribution >= 0.6 is 15.9 Å². The number of hydrogen-bond donors (Lipinski definition) is 1. The molecule has 0 radical (unpaired) electrons. The molecule has 0 aliphatic heterocycles. The van der Waals surface area contributed by atoms with Gasteiger partial charge in [0, 0.05) is 18.5 Å². The standard InChI is InChI=1S/C15H24BrN3O/c1-3-8-19-13(12(16)9-18-19)14(20)15(10-17)6-4-11(2)5-7-15/h9,11H,3-8,10,17H2,1-2H3. The summed E-state index contributed by atoms with van der Waals surface area (Å²) in [5.74, 6) is 0.871. The van der Waals surface area contributed by atoms with Crippen LogP contribution in [0.5, 0.6) is 0 Å². The molecule has 0 spiro atoms. The number of carbonyl (C=O) groups is 1. The van der Waals surface area contributed by atoms with E-state index in [1.807, 2.05) is 4.68 Å². The number of rotatable bonds is 5. The molecule has 0 saturated heterocycles. The molecule has 1 aromatic heterocycles. The van der Waals surface area contributed by atoms with Gasteiger partial charge in [0.05, 0.1) is 10.7 Å². The monoisotopic (exact) mass is 341 g/mol. The molecule has 0 amide bonds. The summed E-state index contributed by atoms with van der Waals surface area (Å²) in [6, 6.07) is 0. The molecular weight excluding hydrogens is 318 g/mol. The molecule has 0 bridgehead atoms. The van der Waals surface area contributed by atoms with Gasteiger partial charge < -0.3 is 5.73 Å². The largest absolute Gasteiger partial charge is 0.329 e. The second-order valence-corrected chi connectivity index (χ2v) is 6.91. The van der Waals surface area contributed by atoms with Crippen LogP contribution in [0.2, 0.25) is 0 Å². The summed E-state index contributed by atoms with van der Waals surface area (Å²) in [5, 5.41) is 4.31. The molecule has 20 heavy (non-hydrogen) atoms. The highest BCUT2D eigenvalue weighted by Crippen LogP contribution is 2.41. The number of aromatic nitrogens is 2. The van der Waals surface area contributed by atoms with Crippen molar-refractivity contribution in [3.63, 3.8) is 0 Å².